The molecule has 0 aromatic heterocycles. The SMILES string of the molecule is CC(C)CCCOc1c(F)cc([N+](=O)[O-])cc1S(=O)(=O)Cl. The minimum absolute atomic E-state index is 0.0896. The highest BCUT2D eigenvalue weighted by Gasteiger charge is 2.25. The Labute approximate surface area is 126 Å². The first-order valence-electron chi connectivity index (χ1n) is 6.18. The van der Waals surface area contributed by atoms with E-state index in [0.29, 0.717) is 24.5 Å². The lowest BCUT2D eigenvalue weighted by atomic mass is 10.1. The molecular weight excluding hydrogens is 325 g/mol. The monoisotopic (exact) mass is 339 g/mol. The van der Waals surface area contributed by atoms with E-state index in [9.17, 15) is 22.9 Å². The van der Waals surface area contributed by atoms with E-state index < -0.39 is 36.1 Å². The molecule has 1 rings (SSSR count). The number of hydrogen-bond donors (Lipinski definition) is 0. The Bertz CT molecular complexity index is 633. The minimum atomic E-state index is -4.36. The van der Waals surface area contributed by atoms with E-state index in [1.54, 1.807) is 0 Å². The van der Waals surface area contributed by atoms with Gasteiger partial charge in [0.2, 0.25) is 0 Å². The van der Waals surface area contributed by atoms with Crippen LogP contribution in [0.25, 0.3) is 0 Å². The molecule has 0 saturated heterocycles. The van der Waals surface area contributed by atoms with Crippen LogP contribution in [0.4, 0.5) is 10.1 Å². The Hall–Kier alpha value is -1.41. The molecule has 0 aliphatic heterocycles. The Morgan fingerprint density at radius 1 is 1.43 bits per heavy atom. The summed E-state index contributed by atoms with van der Waals surface area (Å²) in [6, 6.07) is 1.28. The largest absolute Gasteiger partial charge is 0.489 e. The van der Waals surface area contributed by atoms with Gasteiger partial charge in [0.1, 0.15) is 4.90 Å². The van der Waals surface area contributed by atoms with Crippen LogP contribution in [0.1, 0.15) is 26.7 Å². The summed E-state index contributed by atoms with van der Waals surface area (Å²) in [7, 11) is 0.816. The predicted molar refractivity (Wildman–Crippen MR) is 75.7 cm³/mol. The second-order valence-electron chi connectivity index (χ2n) is 4.83. The molecule has 0 N–H and O–H groups in total. The first kappa shape index (κ1) is 17.6. The molecule has 21 heavy (non-hydrogen) atoms. The van der Waals surface area contributed by atoms with Crippen LogP contribution in [0.3, 0.4) is 0 Å². The number of nitrogens with zero attached hydrogens (tertiary/aromatic N) is 1. The standard InChI is InChI=1S/C12H15ClFNO5S/c1-8(2)4-3-5-20-12-10(14)6-9(15(16)17)7-11(12)21(13,18)19/h6-8H,3-5H2,1-2H3. The van der Waals surface area contributed by atoms with Crippen molar-refractivity contribution in [2.24, 2.45) is 5.92 Å². The quantitative estimate of drug-likeness (QED) is 0.328. The molecule has 0 spiro atoms. The fourth-order valence-electron chi connectivity index (χ4n) is 1.65. The van der Waals surface area contributed by atoms with Gasteiger partial charge in [-0.05, 0) is 18.8 Å². The Morgan fingerprint density at radius 2 is 2.05 bits per heavy atom. The number of nitro groups is 1. The van der Waals surface area contributed by atoms with Gasteiger partial charge in [0.15, 0.2) is 11.6 Å². The number of nitro benzene ring substituents is 1. The summed E-state index contributed by atoms with van der Waals surface area (Å²) >= 11 is 0. The van der Waals surface area contributed by atoms with Crippen molar-refractivity contribution in [3.8, 4) is 5.75 Å². The third-order valence-electron chi connectivity index (χ3n) is 2.64. The number of benzene rings is 1. The van der Waals surface area contributed by atoms with Crippen LogP contribution < -0.4 is 4.74 Å². The summed E-state index contributed by atoms with van der Waals surface area (Å²) in [5.74, 6) is -1.29. The van der Waals surface area contributed by atoms with Crippen molar-refractivity contribution >= 4 is 25.4 Å². The summed E-state index contributed by atoms with van der Waals surface area (Å²) in [6.45, 7) is 4.09. The van der Waals surface area contributed by atoms with E-state index >= 15 is 0 Å². The lowest BCUT2D eigenvalue weighted by Gasteiger charge is -2.11. The molecule has 0 fully saturated rings. The van der Waals surface area contributed by atoms with Crippen LogP contribution >= 0.6 is 10.7 Å². The molecule has 0 aliphatic rings. The Balaban J connectivity index is 3.10. The number of hydrogen-bond acceptors (Lipinski definition) is 5. The summed E-state index contributed by atoms with van der Waals surface area (Å²) in [5, 5.41) is 10.6. The molecule has 0 atom stereocenters. The number of non-ortho nitro benzene ring substituents is 1. The third kappa shape index (κ3) is 5.13. The van der Waals surface area contributed by atoms with Crippen LogP contribution in [0, 0.1) is 21.8 Å². The second kappa shape index (κ2) is 7.04. The molecule has 9 heteroatoms. The van der Waals surface area contributed by atoms with E-state index in [-0.39, 0.29) is 6.61 Å². The smallest absolute Gasteiger partial charge is 0.273 e. The highest BCUT2D eigenvalue weighted by molar-refractivity contribution is 8.13. The number of ether oxygens (including phenoxy) is 1. The van der Waals surface area contributed by atoms with Crippen LogP contribution in [0.15, 0.2) is 17.0 Å². The Morgan fingerprint density at radius 3 is 2.52 bits per heavy atom. The number of halogens is 2. The Kier molecular flexibility index (Phi) is 5.91. The summed E-state index contributed by atoms with van der Waals surface area (Å²) in [5.41, 5.74) is -0.707. The normalized spacial score (nSPS) is 11.7. The zero-order chi connectivity index (χ0) is 16.2. The molecule has 0 amide bonds. The molecule has 0 saturated carbocycles. The predicted octanol–water partition coefficient (Wildman–Crippen LogP) is 3.48. The first-order chi connectivity index (χ1) is 9.62. The summed E-state index contributed by atoms with van der Waals surface area (Å²) < 4.78 is 41.8. The lowest BCUT2D eigenvalue weighted by molar-refractivity contribution is -0.385. The summed E-state index contributed by atoms with van der Waals surface area (Å²) in [4.78, 5) is 9.00. The van der Waals surface area contributed by atoms with E-state index in [4.69, 9.17) is 15.4 Å². The maximum absolute atomic E-state index is 13.8. The molecule has 0 aliphatic carbocycles. The molecule has 0 radical (unpaired) electrons. The van der Waals surface area contributed by atoms with Crippen molar-refractivity contribution in [1.82, 2.24) is 0 Å². The van der Waals surface area contributed by atoms with Gasteiger partial charge in [0.05, 0.1) is 17.6 Å². The van der Waals surface area contributed by atoms with Crippen molar-refractivity contribution < 1.29 is 22.5 Å². The van der Waals surface area contributed by atoms with Gasteiger partial charge < -0.3 is 4.74 Å². The van der Waals surface area contributed by atoms with E-state index in [1.807, 2.05) is 13.8 Å². The van der Waals surface area contributed by atoms with Crippen molar-refractivity contribution in [3.63, 3.8) is 0 Å². The van der Waals surface area contributed by atoms with E-state index in [2.05, 4.69) is 0 Å². The molecule has 6 nitrogen and oxygen atoms in total. The third-order valence-corrected chi connectivity index (χ3v) is 3.97. The molecule has 0 unspecified atom stereocenters. The molecular formula is C12H15ClFNO5S. The second-order valence-corrected chi connectivity index (χ2v) is 7.37. The molecule has 1 aromatic carbocycles. The van der Waals surface area contributed by atoms with Crippen LogP contribution in [0.2, 0.25) is 0 Å². The van der Waals surface area contributed by atoms with Crippen LogP contribution in [-0.4, -0.2) is 19.9 Å². The zero-order valence-electron chi connectivity index (χ0n) is 11.5. The molecule has 1 aromatic rings. The average Bonchev–Trinajstić information content (AvgIpc) is 2.33. The van der Waals surface area contributed by atoms with E-state index in [1.165, 1.54) is 0 Å². The van der Waals surface area contributed by atoms with Gasteiger partial charge in [-0.25, -0.2) is 12.8 Å². The number of rotatable bonds is 7. The topological polar surface area (TPSA) is 86.5 Å². The highest BCUT2D eigenvalue weighted by Crippen LogP contribution is 2.34. The van der Waals surface area contributed by atoms with Gasteiger partial charge in [0.25, 0.3) is 14.7 Å². The fraction of sp³-hybridized carbons (Fsp3) is 0.500. The van der Waals surface area contributed by atoms with Gasteiger partial charge in [-0.1, -0.05) is 13.8 Å². The van der Waals surface area contributed by atoms with Crippen molar-refractivity contribution in [2.75, 3.05) is 6.61 Å². The maximum atomic E-state index is 13.8. The van der Waals surface area contributed by atoms with Gasteiger partial charge in [-0.3, -0.25) is 10.1 Å². The van der Waals surface area contributed by atoms with Crippen molar-refractivity contribution in [1.29, 1.82) is 0 Å². The first-order valence-corrected chi connectivity index (χ1v) is 8.49. The highest BCUT2D eigenvalue weighted by atomic mass is 35.7. The fourth-order valence-corrected chi connectivity index (χ4v) is 2.63. The molecule has 0 bridgehead atoms. The average molecular weight is 340 g/mol. The van der Waals surface area contributed by atoms with Gasteiger partial charge >= 0.3 is 0 Å². The van der Waals surface area contributed by atoms with Crippen LogP contribution in [0.5, 0.6) is 5.75 Å². The maximum Gasteiger partial charge on any atom is 0.273 e. The molecule has 0 heterocycles. The van der Waals surface area contributed by atoms with Crippen LogP contribution in [-0.2, 0) is 9.05 Å². The lowest BCUT2D eigenvalue weighted by Crippen LogP contribution is -2.06. The molecule has 118 valence electrons. The van der Waals surface area contributed by atoms with Crippen molar-refractivity contribution in [3.05, 3.63) is 28.1 Å². The van der Waals surface area contributed by atoms with Gasteiger partial charge in [-0.15, -0.1) is 0 Å². The van der Waals surface area contributed by atoms with Gasteiger partial charge in [-0.2, -0.15) is 0 Å². The van der Waals surface area contributed by atoms with Gasteiger partial charge in [0, 0.05) is 16.7 Å². The zero-order valence-corrected chi connectivity index (χ0v) is 13.1. The van der Waals surface area contributed by atoms with Crippen molar-refractivity contribution in [2.45, 2.75) is 31.6 Å². The summed E-state index contributed by atoms with van der Waals surface area (Å²) in [6.07, 6.45) is 1.41. The minimum Gasteiger partial charge on any atom is -0.489 e. The van der Waals surface area contributed by atoms with E-state index in [0.717, 1.165) is 6.42 Å².